The summed E-state index contributed by atoms with van der Waals surface area (Å²) in [5.74, 6) is -0.0783. The number of halogens is 2. The highest BCUT2D eigenvalue weighted by Crippen LogP contribution is 2.47. The molecule has 3 nitrogen and oxygen atoms in total. The van der Waals surface area contributed by atoms with Crippen molar-refractivity contribution < 1.29 is 13.5 Å². The fourth-order valence-electron chi connectivity index (χ4n) is 3.07. The summed E-state index contributed by atoms with van der Waals surface area (Å²) < 4.78 is 31.2. The number of nitrogens with zero attached hydrogens (tertiary/aromatic N) is 1. The second kappa shape index (κ2) is 4.95. The van der Waals surface area contributed by atoms with Crippen LogP contribution in [0.4, 0.5) is 8.78 Å². The minimum Gasteiger partial charge on any atom is -0.471 e. The Morgan fingerprint density at radius 1 is 1.50 bits per heavy atom. The summed E-state index contributed by atoms with van der Waals surface area (Å²) in [6.45, 7) is 1.55. The zero-order valence-corrected chi connectivity index (χ0v) is 11.6. The molecule has 0 radical (unpaired) electrons. The maximum absolute atomic E-state index is 12.6. The van der Waals surface area contributed by atoms with E-state index in [9.17, 15) is 8.78 Å². The molecule has 1 aliphatic heterocycles. The Labute approximate surface area is 117 Å². The third-order valence-corrected chi connectivity index (χ3v) is 4.49. The quantitative estimate of drug-likeness (QED) is 0.926. The van der Waals surface area contributed by atoms with Crippen LogP contribution in [0.15, 0.2) is 12.3 Å². The van der Waals surface area contributed by atoms with Gasteiger partial charge in [0.25, 0.3) is 0 Å². The van der Waals surface area contributed by atoms with Gasteiger partial charge in [0, 0.05) is 30.1 Å². The molecular formula is C15H20F2N2O. The molecule has 1 fully saturated rings. The number of fused-ring (bicyclic) bond motifs is 1. The van der Waals surface area contributed by atoms with Crippen LogP contribution in [0.3, 0.4) is 0 Å². The van der Waals surface area contributed by atoms with Crippen molar-refractivity contribution in [1.29, 1.82) is 0 Å². The molecule has 3 rings (SSSR count). The zero-order valence-electron chi connectivity index (χ0n) is 11.6. The zero-order chi connectivity index (χ0) is 14.3. The predicted molar refractivity (Wildman–Crippen MR) is 71.9 cm³/mol. The Morgan fingerprint density at radius 2 is 2.25 bits per heavy atom. The van der Waals surface area contributed by atoms with Crippen LogP contribution in [0.5, 0.6) is 5.88 Å². The summed E-state index contributed by atoms with van der Waals surface area (Å²) in [4.78, 5) is 4.31. The van der Waals surface area contributed by atoms with E-state index < -0.39 is 12.3 Å². The SMILES string of the molecule is CC(Cc1cnc2c(c1)C(N)CC1(CCC1)O2)C(F)F. The number of aromatic nitrogens is 1. The van der Waals surface area contributed by atoms with Crippen LogP contribution < -0.4 is 10.5 Å². The lowest BCUT2D eigenvalue weighted by molar-refractivity contribution is -0.0369. The summed E-state index contributed by atoms with van der Waals surface area (Å²) in [5.41, 5.74) is 7.78. The predicted octanol–water partition coefficient (Wildman–Crippen LogP) is 3.23. The molecule has 20 heavy (non-hydrogen) atoms. The van der Waals surface area contributed by atoms with E-state index in [0.29, 0.717) is 12.3 Å². The van der Waals surface area contributed by atoms with Gasteiger partial charge in [0.15, 0.2) is 0 Å². The first-order chi connectivity index (χ1) is 9.49. The Kier molecular flexibility index (Phi) is 3.40. The summed E-state index contributed by atoms with van der Waals surface area (Å²) in [5, 5.41) is 0. The molecule has 2 unspecified atom stereocenters. The van der Waals surface area contributed by atoms with E-state index in [-0.39, 0.29) is 11.6 Å². The number of hydrogen-bond acceptors (Lipinski definition) is 3. The van der Waals surface area contributed by atoms with Crippen LogP contribution >= 0.6 is 0 Å². The van der Waals surface area contributed by atoms with Gasteiger partial charge < -0.3 is 10.5 Å². The Balaban J connectivity index is 1.81. The first kappa shape index (κ1) is 13.7. The maximum Gasteiger partial charge on any atom is 0.241 e. The van der Waals surface area contributed by atoms with Crippen LogP contribution in [0.1, 0.15) is 49.8 Å². The molecular weight excluding hydrogens is 262 g/mol. The van der Waals surface area contributed by atoms with Gasteiger partial charge >= 0.3 is 0 Å². The topological polar surface area (TPSA) is 48.1 Å². The molecule has 2 N–H and O–H groups in total. The second-order valence-electron chi connectivity index (χ2n) is 6.20. The largest absolute Gasteiger partial charge is 0.471 e. The van der Waals surface area contributed by atoms with Crippen molar-refractivity contribution in [2.45, 2.75) is 57.1 Å². The van der Waals surface area contributed by atoms with E-state index in [0.717, 1.165) is 30.4 Å². The van der Waals surface area contributed by atoms with Crippen molar-refractivity contribution in [1.82, 2.24) is 4.98 Å². The number of ether oxygens (including phenoxy) is 1. The van der Waals surface area contributed by atoms with Gasteiger partial charge in [-0.2, -0.15) is 0 Å². The Bertz CT molecular complexity index is 503. The lowest BCUT2D eigenvalue weighted by atomic mass is 9.73. The lowest BCUT2D eigenvalue weighted by Crippen LogP contribution is -2.48. The van der Waals surface area contributed by atoms with Crippen molar-refractivity contribution in [3.05, 3.63) is 23.4 Å². The highest BCUT2D eigenvalue weighted by atomic mass is 19.3. The van der Waals surface area contributed by atoms with Crippen molar-refractivity contribution in [3.63, 3.8) is 0 Å². The second-order valence-corrected chi connectivity index (χ2v) is 6.20. The third kappa shape index (κ3) is 2.39. The van der Waals surface area contributed by atoms with Crippen LogP contribution in [0.25, 0.3) is 0 Å². The van der Waals surface area contributed by atoms with Crippen molar-refractivity contribution in [2.24, 2.45) is 11.7 Å². The van der Waals surface area contributed by atoms with E-state index in [1.54, 1.807) is 13.1 Å². The van der Waals surface area contributed by atoms with E-state index in [1.807, 2.05) is 6.07 Å². The van der Waals surface area contributed by atoms with E-state index in [2.05, 4.69) is 4.98 Å². The third-order valence-electron chi connectivity index (χ3n) is 4.49. The van der Waals surface area contributed by atoms with Gasteiger partial charge in [-0.1, -0.05) is 6.92 Å². The highest BCUT2D eigenvalue weighted by Gasteiger charge is 2.45. The molecule has 1 saturated carbocycles. The molecule has 2 heterocycles. The summed E-state index contributed by atoms with van der Waals surface area (Å²) >= 11 is 0. The lowest BCUT2D eigenvalue weighted by Gasteiger charge is -2.46. The van der Waals surface area contributed by atoms with Crippen molar-refractivity contribution in [3.8, 4) is 5.88 Å². The fourth-order valence-corrected chi connectivity index (χ4v) is 3.07. The molecule has 110 valence electrons. The van der Waals surface area contributed by atoms with Gasteiger partial charge in [0.05, 0.1) is 0 Å². The summed E-state index contributed by atoms with van der Waals surface area (Å²) in [6.07, 6.45) is 3.69. The molecule has 0 saturated heterocycles. The van der Waals surface area contributed by atoms with E-state index in [4.69, 9.17) is 10.5 Å². The van der Waals surface area contributed by atoms with Gasteiger partial charge in [-0.3, -0.25) is 0 Å². The average molecular weight is 282 g/mol. The Hall–Kier alpha value is -1.23. The molecule has 0 amide bonds. The van der Waals surface area contributed by atoms with E-state index in [1.165, 1.54) is 6.42 Å². The molecule has 0 bridgehead atoms. The van der Waals surface area contributed by atoms with Crippen molar-refractivity contribution in [2.75, 3.05) is 0 Å². The van der Waals surface area contributed by atoms with Gasteiger partial charge in [-0.15, -0.1) is 0 Å². The van der Waals surface area contributed by atoms with Crippen LogP contribution in [0.2, 0.25) is 0 Å². The fraction of sp³-hybridized carbons (Fsp3) is 0.667. The first-order valence-electron chi connectivity index (χ1n) is 7.21. The minimum atomic E-state index is -2.31. The maximum atomic E-state index is 12.6. The van der Waals surface area contributed by atoms with Crippen LogP contribution in [-0.4, -0.2) is 17.0 Å². The number of rotatable bonds is 3. The average Bonchev–Trinajstić information content (AvgIpc) is 2.37. The van der Waals surface area contributed by atoms with Crippen molar-refractivity contribution >= 4 is 0 Å². The smallest absolute Gasteiger partial charge is 0.241 e. The molecule has 2 aliphatic rings. The summed E-state index contributed by atoms with van der Waals surface area (Å²) in [7, 11) is 0. The van der Waals surface area contributed by atoms with Crippen LogP contribution in [0, 0.1) is 5.92 Å². The monoisotopic (exact) mass is 282 g/mol. The van der Waals surface area contributed by atoms with E-state index >= 15 is 0 Å². The molecule has 1 aromatic rings. The van der Waals surface area contributed by atoms with Gasteiger partial charge in [-0.05, 0) is 37.3 Å². The number of pyridine rings is 1. The Morgan fingerprint density at radius 3 is 2.85 bits per heavy atom. The standard InChI is InChI=1S/C15H20F2N2O/c1-9(13(16)17)5-10-6-11-12(18)7-15(3-2-4-15)20-14(11)19-8-10/h6,8-9,12-13H,2-5,7,18H2,1H3. The molecule has 1 aliphatic carbocycles. The molecule has 1 spiro atoms. The molecule has 1 aromatic heterocycles. The summed E-state index contributed by atoms with van der Waals surface area (Å²) in [6, 6.07) is 1.78. The molecule has 2 atom stereocenters. The number of nitrogens with two attached hydrogens (primary N) is 1. The van der Waals surface area contributed by atoms with Crippen LogP contribution in [-0.2, 0) is 6.42 Å². The van der Waals surface area contributed by atoms with Gasteiger partial charge in [0.1, 0.15) is 5.60 Å². The normalized spacial score (nSPS) is 24.9. The number of hydrogen-bond donors (Lipinski definition) is 1. The molecule has 0 aromatic carbocycles. The van der Waals surface area contributed by atoms with Gasteiger partial charge in [0.2, 0.25) is 12.3 Å². The highest BCUT2D eigenvalue weighted by molar-refractivity contribution is 5.36. The minimum absolute atomic E-state index is 0.103. The number of alkyl halides is 2. The van der Waals surface area contributed by atoms with Gasteiger partial charge in [-0.25, -0.2) is 13.8 Å². The first-order valence-corrected chi connectivity index (χ1v) is 7.21. The molecule has 5 heteroatoms.